The van der Waals surface area contributed by atoms with Crippen LogP contribution < -0.4 is 10.5 Å². The first-order chi connectivity index (χ1) is 14.3. The summed E-state index contributed by atoms with van der Waals surface area (Å²) in [6.45, 7) is 5.92. The van der Waals surface area contributed by atoms with Gasteiger partial charge in [-0.25, -0.2) is 27.1 Å². The Bertz CT molecular complexity index is 1120. The Labute approximate surface area is 181 Å². The summed E-state index contributed by atoms with van der Waals surface area (Å²) in [7, 11) is -3.77. The van der Waals surface area contributed by atoms with Gasteiger partial charge in [0.15, 0.2) is 12.0 Å². The van der Waals surface area contributed by atoms with Crippen LogP contribution in [0.4, 0.5) is 14.5 Å². The number of nitriles is 1. The van der Waals surface area contributed by atoms with E-state index in [9.17, 15) is 22.5 Å². The van der Waals surface area contributed by atoms with Crippen molar-refractivity contribution in [1.29, 1.82) is 5.26 Å². The van der Waals surface area contributed by atoms with Gasteiger partial charge in [0.1, 0.15) is 5.82 Å². The summed E-state index contributed by atoms with van der Waals surface area (Å²) in [5, 5.41) is 9.38. The largest absolute Gasteiger partial charge is 0.369 e. The summed E-state index contributed by atoms with van der Waals surface area (Å²) in [5.74, 6) is -2.29. The molecular formula is C21H25F2N5O2S. The molecule has 3 N–H and O–H groups in total. The lowest BCUT2D eigenvalue weighted by Gasteiger charge is -2.19. The molecule has 0 aliphatic rings. The Kier molecular flexibility index (Phi) is 7.23. The molecule has 0 saturated carbocycles. The highest BCUT2D eigenvalue weighted by Gasteiger charge is 2.20. The summed E-state index contributed by atoms with van der Waals surface area (Å²) in [6.07, 6.45) is 2.59. The topological polar surface area (TPSA) is 112 Å². The van der Waals surface area contributed by atoms with Crippen molar-refractivity contribution >= 4 is 21.7 Å². The maximum atomic E-state index is 14.6. The highest BCUT2D eigenvalue weighted by molar-refractivity contribution is 7.92. The van der Waals surface area contributed by atoms with E-state index >= 15 is 0 Å². The lowest BCUT2D eigenvalue weighted by Crippen LogP contribution is -2.33. The first-order valence-electron chi connectivity index (χ1n) is 9.33. The molecule has 2 aromatic rings. The van der Waals surface area contributed by atoms with Crippen molar-refractivity contribution in [3.05, 3.63) is 64.7 Å². The van der Waals surface area contributed by atoms with E-state index in [1.807, 2.05) is 29.0 Å². The molecule has 10 heteroatoms. The number of rotatable bonds is 6. The van der Waals surface area contributed by atoms with Crippen molar-refractivity contribution < 1.29 is 17.2 Å². The van der Waals surface area contributed by atoms with Gasteiger partial charge in [-0.2, -0.15) is 5.26 Å². The molecule has 0 aliphatic heterocycles. The molecule has 2 aromatic carbocycles. The highest BCUT2D eigenvalue weighted by Crippen LogP contribution is 2.24. The van der Waals surface area contributed by atoms with E-state index in [1.165, 1.54) is 0 Å². The van der Waals surface area contributed by atoms with Gasteiger partial charge >= 0.3 is 0 Å². The lowest BCUT2D eigenvalue weighted by atomic mass is 9.87. The van der Waals surface area contributed by atoms with Crippen molar-refractivity contribution in [2.75, 3.05) is 11.0 Å². The van der Waals surface area contributed by atoms with Gasteiger partial charge < -0.3 is 5.73 Å². The summed E-state index contributed by atoms with van der Waals surface area (Å²) in [4.78, 5) is 4.96. The van der Waals surface area contributed by atoms with E-state index in [0.717, 1.165) is 34.4 Å². The third kappa shape index (κ3) is 6.65. The minimum atomic E-state index is -3.77. The average Bonchev–Trinajstić information content (AvgIpc) is 2.67. The number of nitrogens with two attached hydrogens (primary N) is 1. The van der Waals surface area contributed by atoms with E-state index in [-0.39, 0.29) is 17.9 Å². The van der Waals surface area contributed by atoms with Gasteiger partial charge in [-0.1, -0.05) is 45.0 Å². The second-order valence-corrected chi connectivity index (χ2v) is 9.82. The standard InChI is InChI=1S/C21H25F2N5O2S/c1-21(2,3)15-7-5-14(6-8-15)11-26-20(25)28(13-24)12-16-17(22)9-10-18(19(16)23)27-31(4,29)30/h5-10,27H,11-12H2,1-4H3,(H2,25,26). The molecule has 2 rings (SSSR count). The zero-order chi connectivity index (χ0) is 23.4. The van der Waals surface area contributed by atoms with Crippen molar-refractivity contribution in [1.82, 2.24) is 4.90 Å². The SMILES string of the molecule is CC(C)(C)c1ccc(CN=C(N)N(C#N)Cc2c(F)ccc(NS(C)(=O)=O)c2F)cc1. The number of sulfonamides is 1. The molecule has 0 spiro atoms. The monoisotopic (exact) mass is 449 g/mol. The molecule has 0 radical (unpaired) electrons. The first-order valence-corrected chi connectivity index (χ1v) is 11.2. The average molecular weight is 450 g/mol. The number of hydrogen-bond donors (Lipinski definition) is 2. The molecule has 0 aromatic heterocycles. The fourth-order valence-corrected chi connectivity index (χ4v) is 3.27. The van der Waals surface area contributed by atoms with Crippen LogP contribution in [0.5, 0.6) is 0 Å². The minimum Gasteiger partial charge on any atom is -0.369 e. The van der Waals surface area contributed by atoms with Gasteiger partial charge in [0.05, 0.1) is 25.0 Å². The van der Waals surface area contributed by atoms with Crippen LogP contribution in [0, 0.1) is 23.1 Å². The zero-order valence-corrected chi connectivity index (χ0v) is 18.6. The van der Waals surface area contributed by atoms with Crippen molar-refractivity contribution in [3.8, 4) is 6.19 Å². The fourth-order valence-electron chi connectivity index (χ4n) is 2.71. The van der Waals surface area contributed by atoms with Crippen LogP contribution in [0.25, 0.3) is 0 Å². The predicted octanol–water partition coefficient (Wildman–Crippen LogP) is 3.43. The maximum Gasteiger partial charge on any atom is 0.229 e. The Hall–Kier alpha value is -3.19. The second kappa shape index (κ2) is 9.31. The Morgan fingerprint density at radius 3 is 2.32 bits per heavy atom. The highest BCUT2D eigenvalue weighted by atomic mass is 32.2. The number of anilines is 1. The third-order valence-corrected chi connectivity index (χ3v) is 5.03. The van der Waals surface area contributed by atoms with Crippen LogP contribution in [0.3, 0.4) is 0 Å². The van der Waals surface area contributed by atoms with Crippen LogP contribution in [0.2, 0.25) is 0 Å². The van der Waals surface area contributed by atoms with E-state index in [4.69, 9.17) is 5.73 Å². The summed E-state index contributed by atoms with van der Waals surface area (Å²) in [6, 6.07) is 9.62. The molecule has 0 heterocycles. The predicted molar refractivity (Wildman–Crippen MR) is 116 cm³/mol. The van der Waals surface area contributed by atoms with E-state index in [1.54, 1.807) is 6.19 Å². The molecule has 166 valence electrons. The Morgan fingerprint density at radius 2 is 1.81 bits per heavy atom. The van der Waals surface area contributed by atoms with Crippen LogP contribution in [-0.4, -0.2) is 25.5 Å². The van der Waals surface area contributed by atoms with E-state index < -0.39 is 39.5 Å². The number of nitrogens with one attached hydrogen (secondary N) is 1. The molecular weight excluding hydrogens is 424 g/mol. The van der Waals surface area contributed by atoms with Gasteiger partial charge in [-0.3, -0.25) is 4.72 Å². The van der Waals surface area contributed by atoms with Crippen LogP contribution in [0.1, 0.15) is 37.5 Å². The third-order valence-electron chi connectivity index (χ3n) is 4.44. The molecule has 0 aliphatic carbocycles. The van der Waals surface area contributed by atoms with Gasteiger partial charge in [-0.05, 0) is 28.7 Å². The smallest absolute Gasteiger partial charge is 0.229 e. The first kappa shape index (κ1) is 24.1. The second-order valence-electron chi connectivity index (χ2n) is 8.07. The van der Waals surface area contributed by atoms with Crippen LogP contribution in [0.15, 0.2) is 41.4 Å². The molecule has 0 fully saturated rings. The lowest BCUT2D eigenvalue weighted by molar-refractivity contribution is 0.491. The molecule has 0 saturated heterocycles. The van der Waals surface area contributed by atoms with E-state index in [0.29, 0.717) is 0 Å². The van der Waals surface area contributed by atoms with Crippen LogP contribution in [-0.2, 0) is 28.5 Å². The number of aliphatic imine (C=N–C) groups is 1. The van der Waals surface area contributed by atoms with Crippen molar-refractivity contribution in [3.63, 3.8) is 0 Å². The van der Waals surface area contributed by atoms with Crippen molar-refractivity contribution in [2.24, 2.45) is 10.7 Å². The molecule has 0 amide bonds. The van der Waals surface area contributed by atoms with Crippen molar-refractivity contribution in [2.45, 2.75) is 39.3 Å². The number of guanidine groups is 1. The van der Waals surface area contributed by atoms with Gasteiger partial charge in [0, 0.05) is 5.56 Å². The van der Waals surface area contributed by atoms with E-state index in [2.05, 4.69) is 25.8 Å². The molecule has 0 unspecified atom stereocenters. The van der Waals surface area contributed by atoms with Crippen LogP contribution >= 0.6 is 0 Å². The maximum absolute atomic E-state index is 14.6. The Balaban J connectivity index is 2.21. The number of benzene rings is 2. The molecule has 31 heavy (non-hydrogen) atoms. The zero-order valence-electron chi connectivity index (χ0n) is 17.8. The van der Waals surface area contributed by atoms with Gasteiger partial charge in [-0.15, -0.1) is 0 Å². The minimum absolute atomic E-state index is 0.00703. The molecule has 0 atom stereocenters. The number of nitrogens with zero attached hydrogens (tertiary/aromatic N) is 3. The summed E-state index contributed by atoms with van der Waals surface area (Å²) < 4.78 is 53.5. The number of hydrogen-bond acceptors (Lipinski definition) is 4. The normalized spacial score (nSPS) is 12.4. The molecule has 0 bridgehead atoms. The quantitative estimate of drug-likeness (QED) is 0.304. The summed E-state index contributed by atoms with van der Waals surface area (Å²) >= 11 is 0. The fraction of sp³-hybridized carbons (Fsp3) is 0.333. The summed E-state index contributed by atoms with van der Waals surface area (Å²) in [5.41, 5.74) is 6.94. The number of halogens is 2. The van der Waals surface area contributed by atoms with Gasteiger partial charge in [0.2, 0.25) is 16.0 Å². The van der Waals surface area contributed by atoms with Gasteiger partial charge in [0.25, 0.3) is 0 Å². The molecule has 7 nitrogen and oxygen atoms in total. The Morgan fingerprint density at radius 1 is 1.19 bits per heavy atom.